The molecular weight excluding hydrogens is 649 g/mol. The molecule has 0 spiro atoms. The van der Waals surface area contributed by atoms with E-state index in [0.29, 0.717) is 0 Å². The van der Waals surface area contributed by atoms with E-state index in [1.807, 2.05) is 0 Å². The first-order valence-corrected chi connectivity index (χ1v) is 10.2. The molecule has 0 saturated carbocycles. The van der Waals surface area contributed by atoms with Crippen molar-refractivity contribution < 1.29 is 101 Å². The summed E-state index contributed by atoms with van der Waals surface area (Å²) in [4.78, 5) is -1.15. The molecule has 1 rings (SSSR count). The van der Waals surface area contributed by atoms with Gasteiger partial charge >= 0.3 is 47.8 Å². The summed E-state index contributed by atoms with van der Waals surface area (Å²) < 4.78 is 284. The maximum atomic E-state index is 13.7. The van der Waals surface area contributed by atoms with Gasteiger partial charge in [-0.15, -0.1) is 0 Å². The second-order valence-corrected chi connectivity index (χ2v) is 8.56. The highest BCUT2D eigenvalue weighted by Gasteiger charge is 2.91. The van der Waals surface area contributed by atoms with Gasteiger partial charge in [0, 0.05) is 0 Å². The van der Waals surface area contributed by atoms with Gasteiger partial charge in [0.2, 0.25) is 11.7 Å². The van der Waals surface area contributed by atoms with Crippen molar-refractivity contribution in [3.05, 3.63) is 35.9 Å². The van der Waals surface area contributed by atoms with Gasteiger partial charge in [0.15, 0.2) is 0 Å². The van der Waals surface area contributed by atoms with Gasteiger partial charge < -0.3 is 4.74 Å². The normalized spacial score (nSPS) is 16.1. The Morgan fingerprint density at radius 1 is 0.575 bits per heavy atom. The van der Waals surface area contributed by atoms with Crippen molar-refractivity contribution >= 4 is 10.1 Å². The average molecular weight is 654 g/mol. The van der Waals surface area contributed by atoms with E-state index in [1.54, 1.807) is 0 Å². The van der Waals surface area contributed by atoms with Gasteiger partial charge in [-0.3, -0.25) is 4.55 Å². The molecule has 0 unspecified atom stereocenters. The first-order chi connectivity index (χ1) is 17.2. The number of benzene rings is 1. The van der Waals surface area contributed by atoms with Crippen LogP contribution in [0.25, 0.3) is 0 Å². The van der Waals surface area contributed by atoms with Gasteiger partial charge in [-0.25, -0.2) is 8.78 Å². The third kappa shape index (κ3) is 5.34. The van der Waals surface area contributed by atoms with Crippen LogP contribution >= 0.6 is 0 Å². The second-order valence-electron chi connectivity index (χ2n) is 7.14. The molecule has 232 valence electrons. The predicted molar refractivity (Wildman–Crippen MR) is 86.8 cm³/mol. The summed E-state index contributed by atoms with van der Waals surface area (Å²) >= 11 is 0. The number of allylic oxidation sites excluding steroid dienone is 1. The molecule has 0 aromatic heterocycles. The van der Waals surface area contributed by atoms with Crippen molar-refractivity contribution in [2.75, 3.05) is 0 Å². The molecule has 0 fully saturated rings. The van der Waals surface area contributed by atoms with E-state index >= 15 is 0 Å². The molecule has 1 N–H and O–H groups in total. The van der Waals surface area contributed by atoms with E-state index in [9.17, 15) is 91.8 Å². The number of ether oxygens (including phenoxy) is 1. The minimum Gasteiger partial charge on any atom is -0.428 e. The molecule has 0 radical (unpaired) electrons. The summed E-state index contributed by atoms with van der Waals surface area (Å²) in [5, 5.41) is 0. The largest absolute Gasteiger partial charge is 0.471 e. The van der Waals surface area contributed by atoms with Crippen molar-refractivity contribution in [3.8, 4) is 5.75 Å². The van der Waals surface area contributed by atoms with Gasteiger partial charge in [0.25, 0.3) is 10.1 Å². The molecule has 0 aliphatic carbocycles. The predicted octanol–water partition coefficient (Wildman–Crippen LogP) is 7.43. The van der Waals surface area contributed by atoms with Crippen molar-refractivity contribution in [1.82, 2.24) is 0 Å². The molecule has 0 aliphatic rings. The number of halogens is 19. The average Bonchev–Trinajstić information content (AvgIpc) is 2.75. The summed E-state index contributed by atoms with van der Waals surface area (Å²) in [7, 11) is -5.07. The summed E-state index contributed by atoms with van der Waals surface area (Å²) in [6.07, 6.45) is -14.6. The Kier molecular flexibility index (Phi) is 8.59. The van der Waals surface area contributed by atoms with Crippen LogP contribution in [0.3, 0.4) is 0 Å². The number of alkyl halides is 17. The molecule has 0 bridgehead atoms. The first kappa shape index (κ1) is 35.4. The van der Waals surface area contributed by atoms with Gasteiger partial charge in [0.05, 0.1) is 4.90 Å². The molecule has 1 aromatic rings. The first-order valence-electron chi connectivity index (χ1n) is 8.79. The smallest absolute Gasteiger partial charge is 0.428 e. The van der Waals surface area contributed by atoms with Crippen molar-refractivity contribution in [1.29, 1.82) is 0 Å². The van der Waals surface area contributed by atoms with Crippen LogP contribution in [0.1, 0.15) is 0 Å². The van der Waals surface area contributed by atoms with E-state index in [4.69, 9.17) is 4.55 Å². The Bertz CT molecular complexity index is 1230. The third-order valence-corrected chi connectivity index (χ3v) is 5.28. The SMILES string of the molecule is O=S(=O)(O)c1ccc(OC(F)(F)C(F)(F)/C(F)=C(\F)C(F)(F)C(F)(F)C(F)(F)C(F)(F)C(F)(F)C(F)(F)F)cc1. The Balaban J connectivity index is 3.62. The summed E-state index contributed by atoms with van der Waals surface area (Å²) in [6, 6.07) is 0.132. The lowest BCUT2D eigenvalue weighted by atomic mass is 9.93. The standard InChI is InChI=1S/C16H5F19O4S/c17-7(9(19,20)11(23,24)12(25,26)13(27,28)14(29,30)15(31,32)33)8(18)10(21,22)16(34,35)39-5-1-3-6(4-2-5)40(36,37)38/h1-4H,(H,36,37,38)/b8-7+. The molecule has 24 heteroatoms. The van der Waals surface area contributed by atoms with Crippen LogP contribution in [-0.2, 0) is 10.1 Å². The lowest BCUT2D eigenvalue weighted by Crippen LogP contribution is -2.70. The topological polar surface area (TPSA) is 63.6 Å². The quantitative estimate of drug-likeness (QED) is 0.211. The van der Waals surface area contributed by atoms with Crippen LogP contribution in [-0.4, -0.2) is 60.8 Å². The molecule has 0 aliphatic heterocycles. The highest BCUT2D eigenvalue weighted by Crippen LogP contribution is 2.62. The van der Waals surface area contributed by atoms with Gasteiger partial charge in [0.1, 0.15) is 5.75 Å². The minimum absolute atomic E-state index is 0.0444. The Morgan fingerprint density at radius 2 is 0.925 bits per heavy atom. The number of rotatable bonds is 10. The van der Waals surface area contributed by atoms with Crippen LogP contribution in [0, 0.1) is 0 Å². The van der Waals surface area contributed by atoms with E-state index in [2.05, 4.69) is 4.74 Å². The van der Waals surface area contributed by atoms with Crippen molar-refractivity contribution in [3.63, 3.8) is 0 Å². The molecule has 0 amide bonds. The lowest BCUT2D eigenvalue weighted by molar-refractivity contribution is -0.438. The lowest BCUT2D eigenvalue weighted by Gasteiger charge is -2.39. The van der Waals surface area contributed by atoms with Crippen LogP contribution in [0.4, 0.5) is 83.4 Å². The molecule has 4 nitrogen and oxygen atoms in total. The zero-order valence-electron chi connectivity index (χ0n) is 17.6. The fourth-order valence-electron chi connectivity index (χ4n) is 2.20. The van der Waals surface area contributed by atoms with E-state index in [1.165, 1.54) is 0 Å². The summed E-state index contributed by atoms with van der Waals surface area (Å²) in [5.74, 6) is -62.3. The number of hydrogen-bond donors (Lipinski definition) is 1. The van der Waals surface area contributed by atoms with Crippen LogP contribution in [0.5, 0.6) is 5.75 Å². The van der Waals surface area contributed by atoms with Gasteiger partial charge in [-0.2, -0.15) is 83.1 Å². The minimum atomic E-state index is -8.76. The fraction of sp³-hybridized carbons (Fsp3) is 0.500. The zero-order valence-corrected chi connectivity index (χ0v) is 18.4. The van der Waals surface area contributed by atoms with Crippen LogP contribution in [0.15, 0.2) is 40.8 Å². The molecule has 0 saturated heterocycles. The molecule has 0 atom stereocenters. The van der Waals surface area contributed by atoms with Crippen LogP contribution in [0.2, 0.25) is 0 Å². The van der Waals surface area contributed by atoms with Crippen molar-refractivity contribution in [2.24, 2.45) is 0 Å². The molecule has 40 heavy (non-hydrogen) atoms. The second kappa shape index (κ2) is 9.72. The molecule has 0 heterocycles. The van der Waals surface area contributed by atoms with Crippen LogP contribution < -0.4 is 4.74 Å². The van der Waals surface area contributed by atoms with Crippen molar-refractivity contribution in [2.45, 2.75) is 52.7 Å². The highest BCUT2D eigenvalue weighted by atomic mass is 32.2. The fourth-order valence-corrected chi connectivity index (χ4v) is 2.68. The summed E-state index contributed by atoms with van der Waals surface area (Å²) in [5.41, 5.74) is 0. The van der Waals surface area contributed by atoms with Gasteiger partial charge in [-0.05, 0) is 24.3 Å². The molecular formula is C16H5F19O4S. The monoisotopic (exact) mass is 654 g/mol. The maximum absolute atomic E-state index is 13.7. The Hall–Kier alpha value is -2.66. The zero-order chi connectivity index (χ0) is 32.3. The Labute approximate surface area is 206 Å². The highest BCUT2D eigenvalue weighted by molar-refractivity contribution is 7.85. The Morgan fingerprint density at radius 3 is 1.27 bits per heavy atom. The van der Waals surface area contributed by atoms with E-state index in [0.717, 1.165) is 0 Å². The maximum Gasteiger partial charge on any atom is 0.471 e. The van der Waals surface area contributed by atoms with Gasteiger partial charge in [-0.1, -0.05) is 0 Å². The third-order valence-electron chi connectivity index (χ3n) is 4.41. The number of hydrogen-bond acceptors (Lipinski definition) is 3. The van der Waals surface area contributed by atoms with E-state index < -0.39 is 80.2 Å². The summed E-state index contributed by atoms with van der Waals surface area (Å²) in [6.45, 7) is 0. The molecule has 1 aromatic carbocycles. The van der Waals surface area contributed by atoms with E-state index in [-0.39, 0.29) is 24.3 Å².